The molecule has 9 aromatic rings. The van der Waals surface area contributed by atoms with Crippen LogP contribution in [0.25, 0.3) is 82.4 Å². The standard InChI is InChI=1S/C47H26N4/c48-27-30-18-19-45-43(24-30)38-12-8-9-17-44(38)51(45)37-23-32(29-50)21-35(26-37)34-20-31(28-49)22-36(25-34)47-41-15-6-4-13-39(41)46(33-10-2-1-3-11-33)40-14-5-7-16-42(40)47/h1-26H. The fourth-order valence-electron chi connectivity index (χ4n) is 7.65. The van der Waals surface area contributed by atoms with E-state index in [1.165, 1.54) is 5.56 Å². The van der Waals surface area contributed by atoms with Crippen LogP contribution in [0, 0.1) is 34.0 Å². The average molecular weight is 647 g/mol. The first kappa shape index (κ1) is 29.7. The van der Waals surface area contributed by atoms with Gasteiger partial charge in [-0.2, -0.15) is 15.8 Å². The molecule has 0 N–H and O–H groups in total. The van der Waals surface area contributed by atoms with E-state index in [1.807, 2.05) is 60.7 Å². The van der Waals surface area contributed by atoms with E-state index in [9.17, 15) is 15.8 Å². The summed E-state index contributed by atoms with van der Waals surface area (Å²) >= 11 is 0. The fraction of sp³-hybridized carbons (Fsp3) is 0. The van der Waals surface area contributed by atoms with Crippen molar-refractivity contribution in [2.75, 3.05) is 0 Å². The van der Waals surface area contributed by atoms with Gasteiger partial charge in [0, 0.05) is 16.5 Å². The SMILES string of the molecule is N#Cc1cc(-c2cc(C#N)cc(-n3c4ccccc4c4cc(C#N)ccc43)c2)cc(-c2c3ccccc3c(-c3ccccc3)c3ccccc23)c1. The Morgan fingerprint density at radius 2 is 0.824 bits per heavy atom. The molecule has 1 aromatic heterocycles. The van der Waals surface area contributed by atoms with Gasteiger partial charge in [0.25, 0.3) is 0 Å². The van der Waals surface area contributed by atoms with Gasteiger partial charge in [0.15, 0.2) is 0 Å². The molecule has 0 amide bonds. The highest BCUT2D eigenvalue weighted by atomic mass is 15.0. The quantitative estimate of drug-likeness (QED) is 0.179. The summed E-state index contributed by atoms with van der Waals surface area (Å²) in [6.07, 6.45) is 0. The third kappa shape index (κ3) is 4.81. The summed E-state index contributed by atoms with van der Waals surface area (Å²) in [6.45, 7) is 0. The molecule has 51 heavy (non-hydrogen) atoms. The van der Waals surface area contributed by atoms with Crippen LogP contribution in [-0.2, 0) is 0 Å². The molecule has 0 fully saturated rings. The monoisotopic (exact) mass is 646 g/mol. The van der Waals surface area contributed by atoms with Gasteiger partial charge in [-0.1, -0.05) is 97.1 Å². The number of nitrogens with zero attached hydrogens (tertiary/aromatic N) is 4. The Balaban J connectivity index is 1.31. The Labute approximate surface area is 294 Å². The molecule has 4 nitrogen and oxygen atoms in total. The number of fused-ring (bicyclic) bond motifs is 5. The van der Waals surface area contributed by atoms with E-state index in [0.29, 0.717) is 16.7 Å². The molecule has 4 heteroatoms. The first-order valence-electron chi connectivity index (χ1n) is 16.7. The van der Waals surface area contributed by atoms with Crippen molar-refractivity contribution in [3.05, 3.63) is 174 Å². The summed E-state index contributed by atoms with van der Waals surface area (Å²) in [5.41, 5.74) is 10.4. The van der Waals surface area contributed by atoms with E-state index < -0.39 is 0 Å². The van der Waals surface area contributed by atoms with Gasteiger partial charge in [-0.3, -0.25) is 0 Å². The van der Waals surface area contributed by atoms with E-state index in [2.05, 4.69) is 120 Å². The largest absolute Gasteiger partial charge is 0.309 e. The average Bonchev–Trinajstić information content (AvgIpc) is 3.53. The van der Waals surface area contributed by atoms with Crippen LogP contribution in [0.15, 0.2) is 158 Å². The lowest BCUT2D eigenvalue weighted by Crippen LogP contribution is -1.96. The van der Waals surface area contributed by atoms with E-state index >= 15 is 0 Å². The van der Waals surface area contributed by atoms with Gasteiger partial charge in [-0.25, -0.2) is 0 Å². The summed E-state index contributed by atoms with van der Waals surface area (Å²) in [4.78, 5) is 0. The van der Waals surface area contributed by atoms with Crippen molar-refractivity contribution in [1.29, 1.82) is 15.8 Å². The van der Waals surface area contributed by atoms with Crippen molar-refractivity contribution in [2.24, 2.45) is 0 Å². The third-order valence-electron chi connectivity index (χ3n) is 9.78. The molecule has 9 rings (SSSR count). The van der Waals surface area contributed by atoms with Gasteiger partial charge in [-0.15, -0.1) is 0 Å². The van der Waals surface area contributed by atoms with Crippen LogP contribution >= 0.6 is 0 Å². The van der Waals surface area contributed by atoms with Gasteiger partial charge in [0.05, 0.1) is 45.9 Å². The predicted octanol–water partition coefficient (Wildman–Crippen LogP) is 11.7. The van der Waals surface area contributed by atoms with Gasteiger partial charge in [0.2, 0.25) is 0 Å². The fourth-order valence-corrected chi connectivity index (χ4v) is 7.65. The summed E-state index contributed by atoms with van der Waals surface area (Å²) in [7, 11) is 0. The van der Waals surface area contributed by atoms with Crippen LogP contribution in [0.3, 0.4) is 0 Å². The minimum Gasteiger partial charge on any atom is -0.309 e. The summed E-state index contributed by atoms with van der Waals surface area (Å²) in [6, 6.07) is 60.2. The molecule has 0 bridgehead atoms. The highest BCUT2D eigenvalue weighted by Gasteiger charge is 2.19. The first-order chi connectivity index (χ1) is 25.1. The second-order valence-corrected chi connectivity index (χ2v) is 12.7. The van der Waals surface area contributed by atoms with Gasteiger partial charge >= 0.3 is 0 Å². The van der Waals surface area contributed by atoms with Crippen molar-refractivity contribution in [1.82, 2.24) is 4.57 Å². The van der Waals surface area contributed by atoms with E-state index in [-0.39, 0.29) is 0 Å². The van der Waals surface area contributed by atoms with Crippen LogP contribution in [0.5, 0.6) is 0 Å². The number of hydrogen-bond acceptors (Lipinski definition) is 3. The lowest BCUT2D eigenvalue weighted by Gasteiger charge is -2.18. The molecule has 0 aliphatic rings. The summed E-state index contributed by atoms with van der Waals surface area (Å²) in [5.74, 6) is 0. The first-order valence-corrected chi connectivity index (χ1v) is 16.7. The number of nitriles is 3. The van der Waals surface area contributed by atoms with Crippen molar-refractivity contribution < 1.29 is 0 Å². The molecule has 0 saturated carbocycles. The Kier molecular flexibility index (Phi) is 6.93. The highest BCUT2D eigenvalue weighted by molar-refractivity contribution is 6.21. The normalized spacial score (nSPS) is 11.1. The van der Waals surface area contributed by atoms with Crippen molar-refractivity contribution in [2.45, 2.75) is 0 Å². The molecule has 1 heterocycles. The van der Waals surface area contributed by atoms with Gasteiger partial charge < -0.3 is 4.57 Å². The van der Waals surface area contributed by atoms with Crippen molar-refractivity contribution in [3.8, 4) is 57.3 Å². The Morgan fingerprint density at radius 3 is 1.45 bits per heavy atom. The molecule has 234 valence electrons. The van der Waals surface area contributed by atoms with Crippen LogP contribution < -0.4 is 0 Å². The molecule has 8 aromatic carbocycles. The van der Waals surface area contributed by atoms with Gasteiger partial charge in [0.1, 0.15) is 0 Å². The zero-order chi connectivity index (χ0) is 34.5. The second kappa shape index (κ2) is 11.9. The molecule has 0 aliphatic heterocycles. The minimum atomic E-state index is 0.508. The number of para-hydroxylation sites is 1. The Bertz CT molecular complexity index is 2940. The lowest BCUT2D eigenvalue weighted by atomic mass is 9.85. The molecular weight excluding hydrogens is 621 g/mol. The van der Waals surface area contributed by atoms with Crippen molar-refractivity contribution >= 4 is 43.4 Å². The molecule has 0 spiro atoms. The third-order valence-corrected chi connectivity index (χ3v) is 9.78. The van der Waals surface area contributed by atoms with E-state index in [1.54, 1.807) is 0 Å². The molecule has 0 saturated heterocycles. The van der Waals surface area contributed by atoms with Crippen LogP contribution in [0.2, 0.25) is 0 Å². The smallest absolute Gasteiger partial charge is 0.0992 e. The molecule has 0 radical (unpaired) electrons. The second-order valence-electron chi connectivity index (χ2n) is 12.7. The van der Waals surface area contributed by atoms with E-state index in [0.717, 1.165) is 76.9 Å². The zero-order valence-corrected chi connectivity index (χ0v) is 27.3. The Morgan fingerprint density at radius 1 is 0.333 bits per heavy atom. The molecule has 0 atom stereocenters. The molecule has 0 unspecified atom stereocenters. The summed E-state index contributed by atoms with van der Waals surface area (Å²) in [5, 5.41) is 36.7. The van der Waals surface area contributed by atoms with Crippen LogP contribution in [0.4, 0.5) is 0 Å². The van der Waals surface area contributed by atoms with Crippen LogP contribution in [-0.4, -0.2) is 4.57 Å². The van der Waals surface area contributed by atoms with Crippen LogP contribution in [0.1, 0.15) is 16.7 Å². The predicted molar refractivity (Wildman–Crippen MR) is 206 cm³/mol. The molecule has 0 aliphatic carbocycles. The number of rotatable bonds is 4. The highest BCUT2D eigenvalue weighted by Crippen LogP contribution is 2.44. The zero-order valence-electron chi connectivity index (χ0n) is 27.3. The van der Waals surface area contributed by atoms with E-state index in [4.69, 9.17) is 0 Å². The maximum absolute atomic E-state index is 10.4. The molecular formula is C47H26N4. The topological polar surface area (TPSA) is 76.3 Å². The summed E-state index contributed by atoms with van der Waals surface area (Å²) < 4.78 is 2.15. The Hall–Kier alpha value is -7.45. The lowest BCUT2D eigenvalue weighted by molar-refractivity contribution is 1.18. The number of benzene rings is 8. The maximum atomic E-state index is 10.4. The number of aromatic nitrogens is 1. The number of hydrogen-bond donors (Lipinski definition) is 0. The minimum absolute atomic E-state index is 0.508. The van der Waals surface area contributed by atoms with Gasteiger partial charge in [-0.05, 0) is 116 Å². The maximum Gasteiger partial charge on any atom is 0.0992 e. The van der Waals surface area contributed by atoms with Crippen molar-refractivity contribution in [3.63, 3.8) is 0 Å².